The zero-order valence-corrected chi connectivity index (χ0v) is 18.5. The van der Waals surface area contributed by atoms with Gasteiger partial charge in [0.25, 0.3) is 5.56 Å². The summed E-state index contributed by atoms with van der Waals surface area (Å²) in [7, 11) is 3.22. The van der Waals surface area contributed by atoms with E-state index in [0.717, 1.165) is 29.0 Å². The van der Waals surface area contributed by atoms with Crippen molar-refractivity contribution in [3.05, 3.63) is 74.7 Å². The van der Waals surface area contributed by atoms with Gasteiger partial charge in [-0.05, 0) is 37.1 Å². The van der Waals surface area contributed by atoms with Crippen molar-refractivity contribution >= 4 is 0 Å². The molecule has 0 saturated heterocycles. The Morgan fingerprint density at radius 3 is 2.48 bits per heavy atom. The van der Waals surface area contributed by atoms with Crippen LogP contribution in [0.3, 0.4) is 0 Å². The second-order valence-corrected chi connectivity index (χ2v) is 8.00. The van der Waals surface area contributed by atoms with E-state index in [1.807, 2.05) is 19.1 Å². The maximum Gasteiger partial charge on any atom is 0.416 e. The third-order valence-electron chi connectivity index (χ3n) is 5.88. The summed E-state index contributed by atoms with van der Waals surface area (Å²) in [5.41, 5.74) is 2.71. The molecule has 0 saturated carbocycles. The van der Waals surface area contributed by atoms with Gasteiger partial charge in [0.05, 0.1) is 25.5 Å². The molecule has 1 aliphatic rings. The lowest BCUT2D eigenvalue weighted by Gasteiger charge is -2.29. The summed E-state index contributed by atoms with van der Waals surface area (Å²) < 4.78 is 49.5. The van der Waals surface area contributed by atoms with Crippen LogP contribution in [-0.2, 0) is 25.7 Å². The van der Waals surface area contributed by atoms with Gasteiger partial charge in [0.15, 0.2) is 0 Å². The summed E-state index contributed by atoms with van der Waals surface area (Å²) in [5.74, 6) is 1.70. The molecule has 1 aliphatic heterocycles. The lowest BCUT2D eigenvalue weighted by molar-refractivity contribution is -0.137. The molecule has 33 heavy (non-hydrogen) atoms. The maximum absolute atomic E-state index is 12.9. The molecule has 2 aromatic carbocycles. The third kappa shape index (κ3) is 4.73. The fourth-order valence-electron chi connectivity index (χ4n) is 4.06. The normalized spacial score (nSPS) is 14.1. The summed E-state index contributed by atoms with van der Waals surface area (Å²) >= 11 is 0. The van der Waals surface area contributed by atoms with Crippen LogP contribution < -0.4 is 15.0 Å². The molecule has 1 aromatic heterocycles. The molecule has 0 fully saturated rings. The Labute approximate surface area is 189 Å². The van der Waals surface area contributed by atoms with Gasteiger partial charge in [0, 0.05) is 42.4 Å². The number of alkyl halides is 3. The van der Waals surface area contributed by atoms with E-state index >= 15 is 0 Å². The predicted octanol–water partition coefficient (Wildman–Crippen LogP) is 4.34. The molecule has 0 unspecified atom stereocenters. The molecule has 1 N–H and O–H groups in total. The minimum absolute atomic E-state index is 0.257. The van der Waals surface area contributed by atoms with Gasteiger partial charge in [-0.15, -0.1) is 0 Å². The third-order valence-corrected chi connectivity index (χ3v) is 5.88. The van der Waals surface area contributed by atoms with E-state index in [0.29, 0.717) is 48.6 Å². The number of benzene rings is 2. The molecule has 174 valence electrons. The van der Waals surface area contributed by atoms with Gasteiger partial charge in [-0.25, -0.2) is 4.98 Å². The van der Waals surface area contributed by atoms with Crippen molar-refractivity contribution in [2.75, 3.05) is 20.8 Å². The summed E-state index contributed by atoms with van der Waals surface area (Å²) in [6.07, 6.45) is -3.89. The molecule has 0 aliphatic carbocycles. The van der Waals surface area contributed by atoms with Crippen molar-refractivity contribution in [3.8, 4) is 22.9 Å². The molecule has 0 bridgehead atoms. The highest BCUT2D eigenvalue weighted by atomic mass is 19.4. The van der Waals surface area contributed by atoms with Crippen molar-refractivity contribution in [1.82, 2.24) is 14.9 Å². The number of H-pyrrole nitrogens is 1. The fourth-order valence-corrected chi connectivity index (χ4v) is 4.06. The molecule has 4 rings (SSSR count). The fraction of sp³-hybridized carbons (Fsp3) is 0.333. The van der Waals surface area contributed by atoms with Crippen molar-refractivity contribution in [3.63, 3.8) is 0 Å². The van der Waals surface area contributed by atoms with Gasteiger partial charge in [-0.1, -0.05) is 12.1 Å². The van der Waals surface area contributed by atoms with Crippen LogP contribution in [0.4, 0.5) is 13.2 Å². The van der Waals surface area contributed by atoms with E-state index < -0.39 is 11.7 Å². The van der Waals surface area contributed by atoms with Crippen molar-refractivity contribution in [1.29, 1.82) is 0 Å². The minimum atomic E-state index is -4.42. The number of fused-ring (bicyclic) bond motifs is 1. The van der Waals surface area contributed by atoms with E-state index in [9.17, 15) is 18.0 Å². The topological polar surface area (TPSA) is 67.5 Å². The molecule has 0 amide bonds. The average Bonchev–Trinajstić information content (AvgIpc) is 2.79. The van der Waals surface area contributed by atoms with Crippen LogP contribution >= 0.6 is 0 Å². The van der Waals surface area contributed by atoms with E-state index in [4.69, 9.17) is 9.47 Å². The first-order valence-electron chi connectivity index (χ1n) is 10.4. The number of methoxy groups -OCH3 is 2. The Bertz CT molecular complexity index is 1220. The number of nitrogens with one attached hydrogen (secondary N) is 1. The number of aryl methyl sites for hydroxylation is 1. The number of ether oxygens (including phenoxy) is 2. The summed E-state index contributed by atoms with van der Waals surface area (Å²) in [5, 5.41) is 0. The summed E-state index contributed by atoms with van der Waals surface area (Å²) in [4.78, 5) is 22.1. The van der Waals surface area contributed by atoms with Crippen LogP contribution in [0.5, 0.6) is 11.5 Å². The lowest BCUT2D eigenvalue weighted by Crippen LogP contribution is -2.35. The van der Waals surface area contributed by atoms with Gasteiger partial charge in [0.2, 0.25) is 0 Å². The molecule has 9 heteroatoms. The Balaban J connectivity index is 1.61. The summed E-state index contributed by atoms with van der Waals surface area (Å²) in [6.45, 7) is 3.71. The molecule has 6 nitrogen and oxygen atoms in total. The average molecular weight is 459 g/mol. The quantitative estimate of drug-likeness (QED) is 0.615. The maximum atomic E-state index is 12.9. The van der Waals surface area contributed by atoms with Gasteiger partial charge in [0.1, 0.15) is 17.3 Å². The monoisotopic (exact) mass is 459 g/mol. The Morgan fingerprint density at radius 2 is 1.85 bits per heavy atom. The first-order valence-corrected chi connectivity index (χ1v) is 10.4. The van der Waals surface area contributed by atoms with E-state index in [-0.39, 0.29) is 11.4 Å². The largest absolute Gasteiger partial charge is 0.497 e. The van der Waals surface area contributed by atoms with E-state index in [1.165, 1.54) is 12.1 Å². The number of hydrogen-bond acceptors (Lipinski definition) is 5. The summed E-state index contributed by atoms with van der Waals surface area (Å²) in [6, 6.07) is 8.40. The molecule has 0 radical (unpaired) electrons. The molecule has 3 aromatic rings. The second kappa shape index (κ2) is 8.90. The SMILES string of the molecule is COc1cc(C)c(CN2CCc3c(nc(-c4ccc(C(F)(F)F)cc4)[nH]c3=O)C2)c(OC)c1. The highest BCUT2D eigenvalue weighted by Gasteiger charge is 2.30. The van der Waals surface area contributed by atoms with E-state index in [2.05, 4.69) is 14.9 Å². The standard InChI is InChI=1S/C24H24F3N3O3/c1-14-10-17(32-2)11-21(33-3)19(14)12-30-9-8-18-20(13-30)28-22(29-23(18)31)15-4-6-16(7-5-15)24(25,26)27/h4-7,10-11H,8-9,12-13H2,1-3H3,(H,28,29,31). The van der Waals surface area contributed by atoms with Crippen molar-refractivity contribution < 1.29 is 22.6 Å². The first kappa shape index (κ1) is 22.8. The molecule has 0 atom stereocenters. The van der Waals surface area contributed by atoms with Crippen LogP contribution in [-0.4, -0.2) is 35.6 Å². The number of aromatic nitrogens is 2. The van der Waals surface area contributed by atoms with Crippen LogP contribution in [0.1, 0.15) is 27.9 Å². The van der Waals surface area contributed by atoms with Crippen molar-refractivity contribution in [2.24, 2.45) is 0 Å². The minimum Gasteiger partial charge on any atom is -0.497 e. The Hall–Kier alpha value is -3.33. The number of hydrogen-bond donors (Lipinski definition) is 1. The van der Waals surface area contributed by atoms with Crippen LogP contribution in [0.15, 0.2) is 41.2 Å². The molecular formula is C24H24F3N3O3. The number of aromatic amines is 1. The van der Waals surface area contributed by atoms with Gasteiger partial charge >= 0.3 is 6.18 Å². The van der Waals surface area contributed by atoms with Crippen LogP contribution in [0.25, 0.3) is 11.4 Å². The first-order chi connectivity index (χ1) is 15.7. The number of rotatable bonds is 5. The molecular weight excluding hydrogens is 435 g/mol. The Kier molecular flexibility index (Phi) is 6.16. The highest BCUT2D eigenvalue weighted by molar-refractivity contribution is 5.56. The Morgan fingerprint density at radius 1 is 1.12 bits per heavy atom. The zero-order chi connectivity index (χ0) is 23.8. The highest BCUT2D eigenvalue weighted by Crippen LogP contribution is 2.32. The van der Waals surface area contributed by atoms with E-state index in [1.54, 1.807) is 14.2 Å². The van der Waals surface area contributed by atoms with Crippen LogP contribution in [0, 0.1) is 6.92 Å². The smallest absolute Gasteiger partial charge is 0.416 e. The van der Waals surface area contributed by atoms with Crippen LogP contribution in [0.2, 0.25) is 0 Å². The second-order valence-electron chi connectivity index (χ2n) is 8.00. The number of nitrogens with zero attached hydrogens (tertiary/aromatic N) is 2. The van der Waals surface area contributed by atoms with Gasteiger partial charge < -0.3 is 14.5 Å². The lowest BCUT2D eigenvalue weighted by atomic mass is 10.0. The number of halogens is 3. The predicted molar refractivity (Wildman–Crippen MR) is 117 cm³/mol. The van der Waals surface area contributed by atoms with Crippen molar-refractivity contribution in [2.45, 2.75) is 32.6 Å². The zero-order valence-electron chi connectivity index (χ0n) is 18.5. The van der Waals surface area contributed by atoms with Gasteiger partial charge in [-0.3, -0.25) is 9.69 Å². The molecule has 0 spiro atoms. The van der Waals surface area contributed by atoms with Gasteiger partial charge in [-0.2, -0.15) is 13.2 Å². The molecule has 2 heterocycles.